The van der Waals surface area contributed by atoms with Gasteiger partial charge in [0.25, 0.3) is 5.56 Å². The normalized spacial score (nSPS) is 16.0. The monoisotopic (exact) mass is 344 g/mol. The number of sulfonamides is 1. The summed E-state index contributed by atoms with van der Waals surface area (Å²) in [7, 11) is -3.51. The lowest BCUT2D eigenvalue weighted by atomic mass is 10.2. The quantitative estimate of drug-likeness (QED) is 0.836. The zero-order valence-electron chi connectivity index (χ0n) is 13.3. The molecule has 1 aromatic carbocycles. The molecule has 0 spiro atoms. The molecular formula is C18H20N2O3S. The number of nitrogens with zero attached hydrogens (tertiary/aromatic N) is 2. The molecule has 1 aliphatic heterocycles. The molecule has 2 heterocycles. The van der Waals surface area contributed by atoms with Crippen molar-refractivity contribution in [2.75, 3.05) is 13.1 Å². The van der Waals surface area contributed by atoms with E-state index in [0.29, 0.717) is 19.6 Å². The largest absolute Gasteiger partial charge is 0.310 e. The molecule has 1 aliphatic rings. The first-order valence-electron chi connectivity index (χ1n) is 7.99. The van der Waals surface area contributed by atoms with Gasteiger partial charge in [-0.1, -0.05) is 42.5 Å². The van der Waals surface area contributed by atoms with Crippen molar-refractivity contribution in [3.8, 4) is 0 Å². The maximum atomic E-state index is 12.6. The summed E-state index contributed by atoms with van der Waals surface area (Å²) in [6, 6.07) is 12.5. The third kappa shape index (κ3) is 3.66. The lowest BCUT2D eigenvalue weighted by molar-refractivity contribution is 0.476. The van der Waals surface area contributed by atoms with Gasteiger partial charge in [-0.05, 0) is 24.5 Å². The first-order chi connectivity index (χ1) is 11.6. The number of pyridine rings is 1. The molecule has 3 rings (SSSR count). The van der Waals surface area contributed by atoms with E-state index in [4.69, 9.17) is 0 Å². The van der Waals surface area contributed by atoms with Gasteiger partial charge in [0.15, 0.2) is 0 Å². The van der Waals surface area contributed by atoms with Crippen LogP contribution in [-0.4, -0.2) is 30.4 Å². The summed E-state index contributed by atoms with van der Waals surface area (Å²) < 4.78 is 28.1. The van der Waals surface area contributed by atoms with Crippen LogP contribution >= 0.6 is 0 Å². The van der Waals surface area contributed by atoms with Crippen LogP contribution in [0.25, 0.3) is 6.08 Å². The van der Waals surface area contributed by atoms with E-state index in [1.165, 1.54) is 27.2 Å². The van der Waals surface area contributed by atoms with Gasteiger partial charge < -0.3 is 4.57 Å². The van der Waals surface area contributed by atoms with Crippen LogP contribution in [0.1, 0.15) is 18.4 Å². The molecule has 126 valence electrons. The van der Waals surface area contributed by atoms with E-state index < -0.39 is 10.0 Å². The van der Waals surface area contributed by atoms with Crippen molar-refractivity contribution in [2.45, 2.75) is 24.3 Å². The Bertz CT molecular complexity index is 880. The Morgan fingerprint density at radius 1 is 1.00 bits per heavy atom. The van der Waals surface area contributed by atoms with E-state index >= 15 is 0 Å². The lowest BCUT2D eigenvalue weighted by Crippen LogP contribution is -2.29. The van der Waals surface area contributed by atoms with Crippen LogP contribution in [0.15, 0.2) is 64.4 Å². The first kappa shape index (κ1) is 16.7. The molecule has 0 amide bonds. The highest BCUT2D eigenvalue weighted by Gasteiger charge is 2.27. The van der Waals surface area contributed by atoms with Crippen LogP contribution in [0.3, 0.4) is 0 Å². The van der Waals surface area contributed by atoms with Gasteiger partial charge in [0.1, 0.15) is 0 Å². The van der Waals surface area contributed by atoms with Crippen molar-refractivity contribution >= 4 is 16.1 Å². The second-order valence-electron chi connectivity index (χ2n) is 5.78. The minimum atomic E-state index is -3.51. The predicted molar refractivity (Wildman–Crippen MR) is 94.2 cm³/mol. The molecule has 0 aliphatic carbocycles. The first-order valence-corrected chi connectivity index (χ1v) is 9.44. The topological polar surface area (TPSA) is 59.4 Å². The highest BCUT2D eigenvalue weighted by Crippen LogP contribution is 2.19. The van der Waals surface area contributed by atoms with E-state index in [9.17, 15) is 13.2 Å². The summed E-state index contributed by atoms with van der Waals surface area (Å²) in [6.45, 7) is 1.43. The summed E-state index contributed by atoms with van der Waals surface area (Å²) in [4.78, 5) is 12.2. The summed E-state index contributed by atoms with van der Waals surface area (Å²) in [5, 5.41) is 0. The molecule has 1 aromatic heterocycles. The van der Waals surface area contributed by atoms with E-state index in [0.717, 1.165) is 18.4 Å². The Morgan fingerprint density at radius 2 is 1.71 bits per heavy atom. The van der Waals surface area contributed by atoms with Crippen molar-refractivity contribution in [1.82, 2.24) is 8.87 Å². The average molecular weight is 344 g/mol. The molecular weight excluding hydrogens is 324 g/mol. The number of hydrogen-bond donors (Lipinski definition) is 0. The number of benzene rings is 1. The highest BCUT2D eigenvalue weighted by molar-refractivity contribution is 7.89. The third-order valence-electron chi connectivity index (χ3n) is 4.07. The second-order valence-corrected chi connectivity index (χ2v) is 7.72. The van der Waals surface area contributed by atoms with Crippen LogP contribution in [0, 0.1) is 0 Å². The minimum absolute atomic E-state index is 0.178. The number of rotatable bonds is 5. The Kier molecular flexibility index (Phi) is 4.97. The molecule has 1 saturated heterocycles. The standard InChI is InChI=1S/C18H20N2O3S/c21-18-11-10-17(24(22,23)20-13-4-5-14-20)15-19(18)12-6-9-16-7-2-1-3-8-16/h1-3,6-11,15H,4-5,12-14H2. The molecule has 0 radical (unpaired) electrons. The zero-order valence-corrected chi connectivity index (χ0v) is 14.2. The Hall–Kier alpha value is -2.18. The fourth-order valence-corrected chi connectivity index (χ4v) is 4.29. The predicted octanol–water partition coefficient (Wildman–Crippen LogP) is 2.35. The molecule has 1 fully saturated rings. The van der Waals surface area contributed by atoms with Crippen molar-refractivity contribution in [1.29, 1.82) is 0 Å². The third-order valence-corrected chi connectivity index (χ3v) is 5.95. The number of aromatic nitrogens is 1. The highest BCUT2D eigenvalue weighted by atomic mass is 32.2. The minimum Gasteiger partial charge on any atom is -0.310 e. The summed E-state index contributed by atoms with van der Waals surface area (Å²) >= 11 is 0. The molecule has 5 nitrogen and oxygen atoms in total. The van der Waals surface area contributed by atoms with Crippen LogP contribution in [-0.2, 0) is 16.6 Å². The molecule has 6 heteroatoms. The van der Waals surface area contributed by atoms with Gasteiger partial charge in [-0.3, -0.25) is 4.79 Å². The molecule has 0 atom stereocenters. The summed E-state index contributed by atoms with van der Waals surface area (Å²) in [5.74, 6) is 0. The Balaban J connectivity index is 1.81. The molecule has 0 unspecified atom stereocenters. The van der Waals surface area contributed by atoms with Crippen molar-refractivity contribution in [2.24, 2.45) is 0 Å². The van der Waals surface area contributed by atoms with Gasteiger partial charge in [-0.25, -0.2) is 8.42 Å². The van der Waals surface area contributed by atoms with Gasteiger partial charge in [0.05, 0.1) is 4.90 Å². The zero-order chi connectivity index (χ0) is 17.0. The summed E-state index contributed by atoms with van der Waals surface area (Å²) in [5.41, 5.74) is 0.819. The van der Waals surface area contributed by atoms with Gasteiger partial charge in [0.2, 0.25) is 10.0 Å². The van der Waals surface area contributed by atoms with Gasteiger partial charge in [-0.2, -0.15) is 4.31 Å². The molecule has 2 aromatic rings. The van der Waals surface area contributed by atoms with Crippen molar-refractivity contribution < 1.29 is 8.42 Å². The van der Waals surface area contributed by atoms with Gasteiger partial charge >= 0.3 is 0 Å². The number of hydrogen-bond acceptors (Lipinski definition) is 3. The van der Waals surface area contributed by atoms with Crippen molar-refractivity contribution in [3.05, 3.63) is 70.7 Å². The second kappa shape index (κ2) is 7.15. The van der Waals surface area contributed by atoms with Crippen LogP contribution in [0.4, 0.5) is 0 Å². The molecule has 0 N–H and O–H groups in total. The Morgan fingerprint density at radius 3 is 2.42 bits per heavy atom. The lowest BCUT2D eigenvalue weighted by Gasteiger charge is -2.16. The van der Waals surface area contributed by atoms with Crippen molar-refractivity contribution in [3.63, 3.8) is 0 Å². The average Bonchev–Trinajstić information content (AvgIpc) is 3.13. The van der Waals surface area contributed by atoms with E-state index in [1.54, 1.807) is 0 Å². The fourth-order valence-electron chi connectivity index (χ4n) is 2.75. The molecule has 0 saturated carbocycles. The van der Waals surface area contributed by atoms with Crippen LogP contribution in [0.2, 0.25) is 0 Å². The maximum absolute atomic E-state index is 12.6. The van der Waals surface area contributed by atoms with Gasteiger partial charge in [-0.15, -0.1) is 0 Å². The molecule has 0 bridgehead atoms. The van der Waals surface area contributed by atoms with E-state index in [-0.39, 0.29) is 10.5 Å². The fraction of sp³-hybridized carbons (Fsp3) is 0.278. The van der Waals surface area contributed by atoms with Crippen LogP contribution in [0.5, 0.6) is 0 Å². The SMILES string of the molecule is O=c1ccc(S(=O)(=O)N2CCCC2)cn1CC=Cc1ccccc1. The smallest absolute Gasteiger partial charge is 0.250 e. The summed E-state index contributed by atoms with van der Waals surface area (Å²) in [6.07, 6.45) is 6.97. The van der Waals surface area contributed by atoms with Gasteiger partial charge in [0, 0.05) is 31.9 Å². The van der Waals surface area contributed by atoms with E-state index in [1.807, 2.05) is 42.5 Å². The maximum Gasteiger partial charge on any atom is 0.250 e. The number of allylic oxidation sites excluding steroid dienone is 1. The van der Waals surface area contributed by atoms with Crippen LogP contribution < -0.4 is 5.56 Å². The molecule has 24 heavy (non-hydrogen) atoms. The Labute approximate surface area is 141 Å². The van der Waals surface area contributed by atoms with E-state index in [2.05, 4.69) is 0 Å².